The van der Waals surface area contributed by atoms with E-state index in [-0.39, 0.29) is 5.56 Å². The van der Waals surface area contributed by atoms with Gasteiger partial charge in [-0.2, -0.15) is 0 Å². The summed E-state index contributed by atoms with van der Waals surface area (Å²) in [6.07, 6.45) is 2.03. The molecule has 0 saturated heterocycles. The van der Waals surface area contributed by atoms with E-state index in [1.54, 1.807) is 20.1 Å². The van der Waals surface area contributed by atoms with Crippen molar-refractivity contribution in [3.63, 3.8) is 0 Å². The maximum atomic E-state index is 11.1. The van der Waals surface area contributed by atoms with E-state index < -0.39 is 5.97 Å². The highest BCUT2D eigenvalue weighted by molar-refractivity contribution is 5.90. The van der Waals surface area contributed by atoms with Crippen molar-refractivity contribution in [3.8, 4) is 11.5 Å². The number of rotatable bonds is 7. The molecule has 4 nitrogen and oxygen atoms in total. The number of ether oxygens (including phenoxy) is 2. The molecule has 1 N–H and O–H groups in total. The molecule has 1 aromatic rings. The molecule has 0 unspecified atom stereocenters. The summed E-state index contributed by atoms with van der Waals surface area (Å²) in [5, 5.41) is 9.10. The van der Waals surface area contributed by atoms with E-state index in [9.17, 15) is 4.79 Å². The van der Waals surface area contributed by atoms with Gasteiger partial charge in [-0.15, -0.1) is 0 Å². The Labute approximate surface area is 114 Å². The average Bonchev–Trinajstić information content (AvgIpc) is 2.34. The van der Waals surface area contributed by atoms with E-state index in [0.717, 1.165) is 12.8 Å². The lowest BCUT2D eigenvalue weighted by Gasteiger charge is -2.15. The van der Waals surface area contributed by atoms with Gasteiger partial charge in [0.2, 0.25) is 0 Å². The number of hydrogen-bond acceptors (Lipinski definition) is 3. The number of methoxy groups -OCH3 is 1. The molecule has 0 heterocycles. The van der Waals surface area contributed by atoms with Gasteiger partial charge in [0.1, 0.15) is 0 Å². The van der Waals surface area contributed by atoms with Crippen LogP contribution in [-0.2, 0) is 0 Å². The Kier molecular flexibility index (Phi) is 5.67. The molecule has 0 spiro atoms. The minimum Gasteiger partial charge on any atom is -0.493 e. The molecule has 1 aromatic carbocycles. The second-order valence-corrected chi connectivity index (χ2v) is 4.96. The van der Waals surface area contributed by atoms with Crippen LogP contribution in [0.15, 0.2) is 12.1 Å². The van der Waals surface area contributed by atoms with E-state index in [1.807, 2.05) is 0 Å². The Hall–Kier alpha value is -1.71. The van der Waals surface area contributed by atoms with Crippen molar-refractivity contribution in [2.45, 2.75) is 33.6 Å². The minimum atomic E-state index is -0.952. The van der Waals surface area contributed by atoms with Gasteiger partial charge in [-0.05, 0) is 37.8 Å². The zero-order chi connectivity index (χ0) is 14.4. The number of benzene rings is 1. The largest absolute Gasteiger partial charge is 0.493 e. The van der Waals surface area contributed by atoms with Gasteiger partial charge in [0.15, 0.2) is 11.5 Å². The fourth-order valence-electron chi connectivity index (χ4n) is 1.90. The van der Waals surface area contributed by atoms with Crippen LogP contribution in [0.4, 0.5) is 0 Å². The first kappa shape index (κ1) is 15.3. The summed E-state index contributed by atoms with van der Waals surface area (Å²) in [5.41, 5.74) is 0.857. The van der Waals surface area contributed by atoms with Crippen LogP contribution in [0.3, 0.4) is 0 Å². The van der Waals surface area contributed by atoms with Crippen molar-refractivity contribution < 1.29 is 19.4 Å². The standard InChI is InChI=1S/C15H22O4/c1-10(2)6-5-9-19-14-11(3)12(15(16)17)7-8-13(14)18-4/h7-8,10H,5-6,9H2,1-4H3,(H,16,17). The van der Waals surface area contributed by atoms with E-state index in [4.69, 9.17) is 14.6 Å². The topological polar surface area (TPSA) is 55.8 Å². The Morgan fingerprint density at radius 2 is 2.05 bits per heavy atom. The molecule has 0 saturated carbocycles. The predicted molar refractivity (Wildman–Crippen MR) is 74.3 cm³/mol. The smallest absolute Gasteiger partial charge is 0.336 e. The van der Waals surface area contributed by atoms with Gasteiger partial charge in [0.25, 0.3) is 0 Å². The van der Waals surface area contributed by atoms with Gasteiger partial charge in [-0.25, -0.2) is 4.79 Å². The lowest BCUT2D eigenvalue weighted by Crippen LogP contribution is -2.06. The van der Waals surface area contributed by atoms with E-state index in [2.05, 4.69) is 13.8 Å². The van der Waals surface area contributed by atoms with Gasteiger partial charge >= 0.3 is 5.97 Å². The number of carboxylic acids is 1. The first-order valence-electron chi connectivity index (χ1n) is 6.51. The van der Waals surface area contributed by atoms with Crippen LogP contribution in [0.25, 0.3) is 0 Å². The third kappa shape index (κ3) is 4.16. The number of hydrogen-bond donors (Lipinski definition) is 1. The normalized spacial score (nSPS) is 10.6. The second-order valence-electron chi connectivity index (χ2n) is 4.96. The van der Waals surface area contributed by atoms with Crippen LogP contribution in [0.1, 0.15) is 42.6 Å². The summed E-state index contributed by atoms with van der Waals surface area (Å²) in [6.45, 7) is 6.63. The third-order valence-electron chi connectivity index (χ3n) is 2.99. The number of carbonyl (C=O) groups is 1. The van der Waals surface area contributed by atoms with Crippen LogP contribution in [0, 0.1) is 12.8 Å². The molecule has 0 radical (unpaired) electrons. The van der Waals surface area contributed by atoms with Crippen molar-refractivity contribution >= 4 is 5.97 Å². The molecule has 106 valence electrons. The molecule has 19 heavy (non-hydrogen) atoms. The predicted octanol–water partition coefficient (Wildman–Crippen LogP) is 3.52. The molecule has 0 bridgehead atoms. The van der Waals surface area contributed by atoms with Crippen LogP contribution >= 0.6 is 0 Å². The van der Waals surface area contributed by atoms with Crippen LogP contribution in [0.2, 0.25) is 0 Å². The summed E-state index contributed by atoms with van der Waals surface area (Å²) in [4.78, 5) is 11.1. The van der Waals surface area contributed by atoms with Gasteiger partial charge in [-0.3, -0.25) is 0 Å². The maximum Gasteiger partial charge on any atom is 0.336 e. The zero-order valence-corrected chi connectivity index (χ0v) is 12.0. The SMILES string of the molecule is COc1ccc(C(=O)O)c(C)c1OCCCC(C)C. The monoisotopic (exact) mass is 266 g/mol. The van der Waals surface area contributed by atoms with E-state index >= 15 is 0 Å². The van der Waals surface area contributed by atoms with Crippen LogP contribution in [-0.4, -0.2) is 24.8 Å². The summed E-state index contributed by atoms with van der Waals surface area (Å²) in [6, 6.07) is 3.17. The fourth-order valence-corrected chi connectivity index (χ4v) is 1.90. The summed E-state index contributed by atoms with van der Waals surface area (Å²) in [5.74, 6) is 0.794. The summed E-state index contributed by atoms with van der Waals surface area (Å²) < 4.78 is 10.9. The molecule has 0 aliphatic carbocycles. The molecule has 0 aliphatic heterocycles. The summed E-state index contributed by atoms with van der Waals surface area (Å²) in [7, 11) is 1.55. The van der Waals surface area contributed by atoms with Gasteiger partial charge < -0.3 is 14.6 Å². The fraction of sp³-hybridized carbons (Fsp3) is 0.533. The van der Waals surface area contributed by atoms with E-state index in [0.29, 0.717) is 29.6 Å². The van der Waals surface area contributed by atoms with Gasteiger partial charge in [-0.1, -0.05) is 13.8 Å². The molecule has 0 fully saturated rings. The Morgan fingerprint density at radius 1 is 1.37 bits per heavy atom. The van der Waals surface area contributed by atoms with Crippen molar-refractivity contribution in [3.05, 3.63) is 23.3 Å². The first-order chi connectivity index (χ1) is 8.97. The molecule has 1 rings (SSSR count). The minimum absolute atomic E-state index is 0.250. The second kappa shape index (κ2) is 7.02. The van der Waals surface area contributed by atoms with Crippen LogP contribution < -0.4 is 9.47 Å². The molecular formula is C15H22O4. The van der Waals surface area contributed by atoms with Gasteiger partial charge in [0, 0.05) is 5.56 Å². The van der Waals surface area contributed by atoms with Crippen molar-refractivity contribution in [1.29, 1.82) is 0 Å². The van der Waals surface area contributed by atoms with E-state index in [1.165, 1.54) is 6.07 Å². The number of aromatic carboxylic acids is 1. The Balaban J connectivity index is 2.84. The van der Waals surface area contributed by atoms with Gasteiger partial charge in [0.05, 0.1) is 19.3 Å². The first-order valence-corrected chi connectivity index (χ1v) is 6.51. The molecule has 0 aromatic heterocycles. The highest BCUT2D eigenvalue weighted by atomic mass is 16.5. The number of carboxylic acid groups (broad SMARTS) is 1. The zero-order valence-electron chi connectivity index (χ0n) is 12.0. The summed E-state index contributed by atoms with van der Waals surface area (Å²) >= 11 is 0. The van der Waals surface area contributed by atoms with Crippen molar-refractivity contribution in [1.82, 2.24) is 0 Å². The van der Waals surface area contributed by atoms with Crippen molar-refractivity contribution in [2.75, 3.05) is 13.7 Å². The molecule has 0 atom stereocenters. The highest BCUT2D eigenvalue weighted by Crippen LogP contribution is 2.33. The highest BCUT2D eigenvalue weighted by Gasteiger charge is 2.16. The maximum absolute atomic E-state index is 11.1. The molecule has 0 aliphatic rings. The lowest BCUT2D eigenvalue weighted by molar-refractivity contribution is 0.0695. The average molecular weight is 266 g/mol. The molecule has 0 amide bonds. The molecular weight excluding hydrogens is 244 g/mol. The molecule has 4 heteroatoms. The quantitative estimate of drug-likeness (QED) is 0.767. The third-order valence-corrected chi connectivity index (χ3v) is 2.99. The van der Waals surface area contributed by atoms with Crippen molar-refractivity contribution in [2.24, 2.45) is 5.92 Å². The van der Waals surface area contributed by atoms with Crippen LogP contribution in [0.5, 0.6) is 11.5 Å². The lowest BCUT2D eigenvalue weighted by atomic mass is 10.1. The Bertz CT molecular complexity index is 438. The Morgan fingerprint density at radius 3 is 2.58 bits per heavy atom.